The highest BCUT2D eigenvalue weighted by Crippen LogP contribution is 2.60. The van der Waals surface area contributed by atoms with Gasteiger partial charge in [-0.25, -0.2) is 0 Å². The maximum atomic E-state index is 4.98. The SMILES string of the molecule is CO/N=C(/C)C12CC3CC(CC(C3)C1)C2. The first-order valence-corrected chi connectivity index (χ1v) is 6.30. The Morgan fingerprint density at radius 1 is 1.07 bits per heavy atom. The third-order valence-corrected chi connectivity index (χ3v) is 5.03. The molecule has 4 rings (SSSR count). The molecule has 0 heterocycles. The van der Waals surface area contributed by atoms with Crippen LogP contribution in [0.15, 0.2) is 5.16 Å². The van der Waals surface area contributed by atoms with E-state index in [4.69, 9.17) is 4.84 Å². The summed E-state index contributed by atoms with van der Waals surface area (Å²) in [6, 6.07) is 0. The molecule has 0 aliphatic heterocycles. The summed E-state index contributed by atoms with van der Waals surface area (Å²) in [7, 11) is 1.67. The van der Waals surface area contributed by atoms with Gasteiger partial charge in [-0.05, 0) is 63.2 Å². The molecule has 0 unspecified atom stereocenters. The lowest BCUT2D eigenvalue weighted by Gasteiger charge is -2.56. The number of rotatable bonds is 2. The predicted molar refractivity (Wildman–Crippen MR) is 60.7 cm³/mol. The van der Waals surface area contributed by atoms with Crippen molar-refractivity contribution in [3.05, 3.63) is 0 Å². The van der Waals surface area contributed by atoms with Crippen LogP contribution in [0, 0.1) is 23.2 Å². The molecule has 15 heavy (non-hydrogen) atoms. The van der Waals surface area contributed by atoms with Gasteiger partial charge >= 0.3 is 0 Å². The quantitative estimate of drug-likeness (QED) is 0.503. The third kappa shape index (κ3) is 1.41. The van der Waals surface area contributed by atoms with Gasteiger partial charge in [-0.15, -0.1) is 0 Å². The summed E-state index contributed by atoms with van der Waals surface area (Å²) in [6.07, 6.45) is 8.66. The van der Waals surface area contributed by atoms with Crippen LogP contribution in [0.2, 0.25) is 0 Å². The molecule has 2 heteroatoms. The van der Waals surface area contributed by atoms with Crippen molar-refractivity contribution in [3.8, 4) is 0 Å². The summed E-state index contributed by atoms with van der Waals surface area (Å²) in [5.41, 5.74) is 1.70. The average molecular weight is 207 g/mol. The van der Waals surface area contributed by atoms with Crippen LogP contribution in [0.3, 0.4) is 0 Å². The molecule has 0 saturated heterocycles. The van der Waals surface area contributed by atoms with E-state index in [1.165, 1.54) is 44.2 Å². The van der Waals surface area contributed by atoms with Crippen LogP contribution in [-0.4, -0.2) is 12.8 Å². The van der Waals surface area contributed by atoms with Gasteiger partial charge in [0.05, 0.1) is 5.71 Å². The minimum atomic E-state index is 0.435. The molecule has 0 spiro atoms. The molecule has 4 fully saturated rings. The lowest BCUT2D eigenvalue weighted by Crippen LogP contribution is -2.49. The molecule has 0 radical (unpaired) electrons. The van der Waals surface area contributed by atoms with Gasteiger partial charge in [-0.3, -0.25) is 0 Å². The fourth-order valence-electron chi connectivity index (χ4n) is 4.79. The van der Waals surface area contributed by atoms with Crippen molar-refractivity contribution >= 4 is 5.71 Å². The van der Waals surface area contributed by atoms with Gasteiger partial charge in [-0.2, -0.15) is 0 Å². The molecular formula is C13H21NO. The first kappa shape index (κ1) is 9.68. The van der Waals surface area contributed by atoms with E-state index in [9.17, 15) is 0 Å². The third-order valence-electron chi connectivity index (χ3n) is 5.03. The molecule has 4 saturated carbocycles. The van der Waals surface area contributed by atoms with Gasteiger partial charge in [-0.1, -0.05) is 5.16 Å². The Kier molecular flexibility index (Phi) is 2.08. The molecule has 0 N–H and O–H groups in total. The summed E-state index contributed by atoms with van der Waals surface area (Å²) in [6.45, 7) is 2.18. The Morgan fingerprint density at radius 2 is 1.53 bits per heavy atom. The van der Waals surface area contributed by atoms with Gasteiger partial charge in [0.15, 0.2) is 0 Å². The molecule has 0 aromatic rings. The number of hydrogen-bond donors (Lipinski definition) is 0. The van der Waals surface area contributed by atoms with Gasteiger partial charge < -0.3 is 4.84 Å². The summed E-state index contributed by atoms with van der Waals surface area (Å²) >= 11 is 0. The van der Waals surface area contributed by atoms with Gasteiger partial charge in [0.25, 0.3) is 0 Å². The fraction of sp³-hybridized carbons (Fsp3) is 0.923. The van der Waals surface area contributed by atoms with Crippen LogP contribution in [0.4, 0.5) is 0 Å². The largest absolute Gasteiger partial charge is 0.399 e. The van der Waals surface area contributed by atoms with Crippen molar-refractivity contribution in [2.24, 2.45) is 28.3 Å². The van der Waals surface area contributed by atoms with Gasteiger partial charge in [0.2, 0.25) is 0 Å². The van der Waals surface area contributed by atoms with Gasteiger partial charge in [0.1, 0.15) is 7.11 Å². The smallest absolute Gasteiger partial charge is 0.106 e. The highest BCUT2D eigenvalue weighted by Gasteiger charge is 2.52. The van der Waals surface area contributed by atoms with Crippen LogP contribution in [0.5, 0.6) is 0 Å². The van der Waals surface area contributed by atoms with Crippen molar-refractivity contribution in [3.63, 3.8) is 0 Å². The lowest BCUT2D eigenvalue weighted by atomic mass is 9.48. The normalized spacial score (nSPS) is 48.4. The standard InChI is InChI=1S/C13H21NO/c1-9(14-15-2)13-6-10-3-11(7-13)5-12(4-10)8-13/h10-12H,3-8H2,1-2H3/b14-9-. The Bertz CT molecular complexity index is 260. The van der Waals surface area contributed by atoms with Crippen LogP contribution in [0.1, 0.15) is 45.4 Å². The Labute approximate surface area is 92.1 Å². The molecule has 0 atom stereocenters. The molecule has 84 valence electrons. The zero-order chi connectivity index (χ0) is 10.5. The van der Waals surface area contributed by atoms with Crippen LogP contribution in [-0.2, 0) is 4.84 Å². The predicted octanol–water partition coefficient (Wildman–Crippen LogP) is 3.23. The first-order valence-electron chi connectivity index (χ1n) is 6.30. The molecule has 4 bridgehead atoms. The van der Waals surface area contributed by atoms with E-state index in [-0.39, 0.29) is 0 Å². The fourth-order valence-corrected chi connectivity index (χ4v) is 4.79. The number of nitrogens with zero attached hydrogens (tertiary/aromatic N) is 1. The summed E-state index contributed by atoms with van der Waals surface area (Å²) < 4.78 is 0. The molecule has 4 aliphatic rings. The van der Waals surface area contributed by atoms with Crippen LogP contribution >= 0.6 is 0 Å². The molecule has 0 aromatic heterocycles. The molecular weight excluding hydrogens is 186 g/mol. The topological polar surface area (TPSA) is 21.6 Å². The molecule has 4 aliphatic carbocycles. The second kappa shape index (κ2) is 3.23. The maximum Gasteiger partial charge on any atom is 0.106 e. The summed E-state index contributed by atoms with van der Waals surface area (Å²) in [5, 5.41) is 4.23. The van der Waals surface area contributed by atoms with Crippen molar-refractivity contribution < 1.29 is 4.84 Å². The van der Waals surface area contributed by atoms with Crippen molar-refractivity contribution in [2.75, 3.05) is 7.11 Å². The van der Waals surface area contributed by atoms with Gasteiger partial charge in [0, 0.05) is 5.41 Å². The number of hydrogen-bond acceptors (Lipinski definition) is 2. The number of oxime groups is 1. The second-order valence-electron chi connectivity index (χ2n) is 6.06. The van der Waals surface area contributed by atoms with E-state index in [1.54, 1.807) is 7.11 Å². The summed E-state index contributed by atoms with van der Waals surface area (Å²) in [4.78, 5) is 4.98. The molecule has 0 amide bonds. The van der Waals surface area contributed by atoms with E-state index in [2.05, 4.69) is 12.1 Å². The van der Waals surface area contributed by atoms with Crippen molar-refractivity contribution in [1.29, 1.82) is 0 Å². The highest BCUT2D eigenvalue weighted by atomic mass is 16.6. The second-order valence-corrected chi connectivity index (χ2v) is 6.06. The first-order chi connectivity index (χ1) is 7.22. The van der Waals surface area contributed by atoms with Crippen molar-refractivity contribution in [2.45, 2.75) is 45.4 Å². The van der Waals surface area contributed by atoms with E-state index in [0.717, 1.165) is 17.8 Å². The van der Waals surface area contributed by atoms with E-state index >= 15 is 0 Å². The van der Waals surface area contributed by atoms with E-state index in [0.29, 0.717) is 5.41 Å². The lowest BCUT2D eigenvalue weighted by molar-refractivity contribution is -0.0145. The van der Waals surface area contributed by atoms with E-state index in [1.807, 2.05) is 0 Å². The Morgan fingerprint density at radius 3 is 1.93 bits per heavy atom. The molecule has 0 aromatic carbocycles. The highest BCUT2D eigenvalue weighted by molar-refractivity contribution is 5.88. The minimum Gasteiger partial charge on any atom is -0.399 e. The Hall–Kier alpha value is -0.530. The van der Waals surface area contributed by atoms with Crippen molar-refractivity contribution in [1.82, 2.24) is 0 Å². The zero-order valence-electron chi connectivity index (χ0n) is 9.83. The minimum absolute atomic E-state index is 0.435. The zero-order valence-corrected chi connectivity index (χ0v) is 9.83. The van der Waals surface area contributed by atoms with Crippen LogP contribution in [0.25, 0.3) is 0 Å². The maximum absolute atomic E-state index is 4.98. The van der Waals surface area contributed by atoms with Crippen LogP contribution < -0.4 is 0 Å². The van der Waals surface area contributed by atoms with E-state index < -0.39 is 0 Å². The average Bonchev–Trinajstić information content (AvgIpc) is 2.15. The summed E-state index contributed by atoms with van der Waals surface area (Å²) in [5.74, 6) is 3.00. The Balaban J connectivity index is 1.89. The molecule has 2 nitrogen and oxygen atoms in total. The monoisotopic (exact) mass is 207 g/mol.